The lowest BCUT2D eigenvalue weighted by Gasteiger charge is -2.30. The average Bonchev–Trinajstić information content (AvgIpc) is 0.900. The van der Waals surface area contributed by atoms with Gasteiger partial charge in [-0.25, -0.2) is 9.78 Å². The lowest BCUT2D eigenvalue weighted by Crippen LogP contribution is -2.62. The number of nitrogens with zero attached hydrogens (tertiary/aromatic N) is 1. The Balaban J connectivity index is 3.73. The van der Waals surface area contributed by atoms with Crippen molar-refractivity contribution in [2.45, 2.75) is 223 Å². The van der Waals surface area contributed by atoms with Gasteiger partial charge in [-0.05, 0) is 101 Å². The molecule has 1 aromatic heterocycles. The fourth-order valence-corrected chi connectivity index (χ4v) is 10.2. The van der Waals surface area contributed by atoms with E-state index >= 15 is 0 Å². The highest BCUT2D eigenvalue weighted by Crippen LogP contribution is 2.15. The summed E-state index contributed by atoms with van der Waals surface area (Å²) in [4.78, 5) is 233. The molecule has 0 saturated carbocycles. The van der Waals surface area contributed by atoms with Gasteiger partial charge in [-0.15, -0.1) is 0 Å². The third-order valence-electron chi connectivity index (χ3n) is 15.9. The quantitative estimate of drug-likeness (QED) is 0.0270. The highest BCUT2D eigenvalue weighted by atomic mass is 32.2. The van der Waals surface area contributed by atoms with Gasteiger partial charge in [0.25, 0.3) is 0 Å². The number of carboxylic acids is 3. The van der Waals surface area contributed by atoms with Gasteiger partial charge < -0.3 is 113 Å². The van der Waals surface area contributed by atoms with Gasteiger partial charge >= 0.3 is 17.9 Å². The van der Waals surface area contributed by atoms with E-state index in [4.69, 9.17) is 28.7 Å². The van der Waals surface area contributed by atoms with E-state index in [1.165, 1.54) is 31.2 Å². The number of aromatic amines is 1. The van der Waals surface area contributed by atoms with Crippen LogP contribution in [0.5, 0.6) is 0 Å². The number of rotatable bonds is 53. The molecule has 0 aromatic carbocycles. The molecule has 39 nitrogen and oxygen atoms in total. The number of aliphatic carboxylic acids is 3. The SMILES string of the molecule is CC[C@H](C)[C@H](NC(=O)[C@H](CCC(=O)O)NC(=O)[C@H](CCC(N)=O)NC(=O)[C@H](CO)NC(=O)[C@H](CCSC)NC(=O)[C@@H](N)C(C)C)C(=O)N[C@@H](CCC(N)=O)C(=O)N[C@@H](CCC(=O)O)C(=O)N[C@@H](CCC(N)=O)C(=O)N[C@@H](CC(C)C)C(=O)N[C@@H](Cc1cnc[nH]1)C(=O)N[C@@H](CCCCN)C(=O)O. The highest BCUT2D eigenvalue weighted by Gasteiger charge is 2.39. The maximum absolute atomic E-state index is 14.5. The van der Waals surface area contributed by atoms with Gasteiger partial charge in [0.2, 0.25) is 82.7 Å². The van der Waals surface area contributed by atoms with Crippen molar-refractivity contribution in [3.05, 3.63) is 18.2 Å². The monoisotopic (exact) mass is 1470 g/mol. The van der Waals surface area contributed by atoms with E-state index in [0.29, 0.717) is 24.3 Å². The number of aliphatic hydroxyl groups excluding tert-OH is 1. The van der Waals surface area contributed by atoms with Crippen LogP contribution in [0, 0.1) is 17.8 Å². The average molecular weight is 1470 g/mol. The molecular weight excluding hydrogens is 1360 g/mol. The van der Waals surface area contributed by atoms with Crippen LogP contribution in [0.15, 0.2) is 12.5 Å². The standard InChI is InChI=1S/C62H104N18O21S/c1-8-32(6)50(80-56(94)38(16-21-48(87)88)72-51(89)34(12-17-44(64)82)73-59(97)43(28-81)79-55(93)39(22-24-102-7)74-60(98)49(67)31(4)5)61(99)75-36(14-19-46(66)84)52(90)71-37(15-20-47(85)86)53(91)70-35(13-18-45(65)83)54(92)77-41(25-30(2)3)57(95)78-42(26-33-27-68-29-69-33)58(96)76-40(62(100)101)11-9-10-23-63/h27,29-32,34-43,49-50,81H,8-26,28,63,67H2,1-7H3,(H2,64,82)(H2,65,83)(H2,66,84)(H,68,69)(H,70,91)(H,71,90)(H,72,89)(H,73,97)(H,74,98)(H,75,99)(H,76,96)(H,77,92)(H,78,95)(H,79,93)(H,80,94)(H,85,86)(H,87,88)(H,100,101)/t32-,34-,35-,36-,37-,38-,39-,40-,41-,42-,43-,49-,50-/m0/s1. The first kappa shape index (κ1) is 90.4. The minimum Gasteiger partial charge on any atom is -0.481 e. The van der Waals surface area contributed by atoms with Crippen LogP contribution in [-0.4, -0.2) is 229 Å². The van der Waals surface area contributed by atoms with Gasteiger partial charge in [0.15, 0.2) is 0 Å². The molecule has 40 heteroatoms. The first-order valence-corrected chi connectivity index (χ1v) is 34.7. The maximum Gasteiger partial charge on any atom is 0.326 e. The minimum absolute atomic E-state index is 0.00436. The van der Waals surface area contributed by atoms with Gasteiger partial charge in [-0.3, -0.25) is 76.7 Å². The van der Waals surface area contributed by atoms with Gasteiger partial charge in [-0.1, -0.05) is 48.0 Å². The second-order valence-corrected chi connectivity index (χ2v) is 26.1. The summed E-state index contributed by atoms with van der Waals surface area (Å²) in [5, 5.41) is 65.9. The van der Waals surface area contributed by atoms with Gasteiger partial charge in [0, 0.05) is 50.4 Å². The molecule has 0 unspecified atom stereocenters. The minimum atomic E-state index is -1.92. The van der Waals surface area contributed by atoms with E-state index in [9.17, 15) is 102 Å². The molecule has 0 bridgehead atoms. The largest absolute Gasteiger partial charge is 0.481 e. The van der Waals surface area contributed by atoms with Gasteiger partial charge in [0.05, 0.1) is 19.0 Å². The van der Waals surface area contributed by atoms with Crippen LogP contribution in [0.1, 0.15) is 150 Å². The summed E-state index contributed by atoms with van der Waals surface area (Å²) in [5.41, 5.74) is 28.1. The molecule has 0 spiro atoms. The zero-order chi connectivity index (χ0) is 77.5. The van der Waals surface area contributed by atoms with Crippen molar-refractivity contribution in [1.82, 2.24) is 68.5 Å². The molecular formula is C62H104N18O21S. The zero-order valence-corrected chi connectivity index (χ0v) is 59.2. The number of hydrogen-bond acceptors (Lipinski definition) is 22. The molecule has 26 N–H and O–H groups in total. The summed E-state index contributed by atoms with van der Waals surface area (Å²) in [6, 6.07) is -19.4. The van der Waals surface area contributed by atoms with Crippen LogP contribution in [0.3, 0.4) is 0 Å². The second kappa shape index (κ2) is 47.5. The van der Waals surface area contributed by atoms with Crippen molar-refractivity contribution in [2.75, 3.05) is 25.2 Å². The first-order chi connectivity index (χ1) is 47.9. The van der Waals surface area contributed by atoms with Crippen LogP contribution in [0.4, 0.5) is 0 Å². The summed E-state index contributed by atoms with van der Waals surface area (Å²) in [6.07, 6.45) is -1.69. The van der Waals surface area contributed by atoms with Gasteiger partial charge in [0.1, 0.15) is 66.5 Å². The van der Waals surface area contributed by atoms with Crippen molar-refractivity contribution >= 4 is 112 Å². The number of nitrogens with two attached hydrogens (primary N) is 5. The molecule has 0 aliphatic carbocycles. The number of carboxylic acid groups (broad SMARTS) is 3. The molecule has 1 heterocycles. The van der Waals surface area contributed by atoms with Crippen LogP contribution >= 0.6 is 11.8 Å². The molecule has 13 atom stereocenters. The summed E-state index contributed by atoms with van der Waals surface area (Å²) < 4.78 is 0. The summed E-state index contributed by atoms with van der Waals surface area (Å²) in [6.45, 7) is 8.91. The van der Waals surface area contributed by atoms with Crippen molar-refractivity contribution in [3.8, 4) is 0 Å². The van der Waals surface area contributed by atoms with E-state index in [0.717, 1.165) is 0 Å². The van der Waals surface area contributed by atoms with E-state index in [1.54, 1.807) is 40.9 Å². The molecule has 0 saturated heterocycles. The predicted octanol–water partition coefficient (Wildman–Crippen LogP) is -6.15. The van der Waals surface area contributed by atoms with Crippen molar-refractivity contribution in [1.29, 1.82) is 0 Å². The van der Waals surface area contributed by atoms with E-state index in [2.05, 4.69) is 68.5 Å². The number of aliphatic hydroxyl groups is 1. The number of hydrogen-bond donors (Lipinski definition) is 21. The fraction of sp³-hybridized carbons (Fsp3) is 0.677. The number of carbonyl (C=O) groups excluding carboxylic acids is 14. The molecule has 102 heavy (non-hydrogen) atoms. The Bertz CT molecular complexity index is 3020. The topological polar surface area (TPSA) is 662 Å². The maximum atomic E-state index is 14.5. The number of imidazole rings is 1. The van der Waals surface area contributed by atoms with Gasteiger partial charge in [-0.2, -0.15) is 11.8 Å². The first-order valence-electron chi connectivity index (χ1n) is 33.3. The normalized spacial score (nSPS) is 15.0. The third kappa shape index (κ3) is 35.2. The van der Waals surface area contributed by atoms with Crippen LogP contribution < -0.4 is 87.2 Å². The molecule has 0 fully saturated rings. The lowest BCUT2D eigenvalue weighted by molar-refractivity contribution is -0.142. The van der Waals surface area contributed by atoms with E-state index in [1.807, 2.05) is 0 Å². The molecule has 0 aliphatic heterocycles. The summed E-state index contributed by atoms with van der Waals surface area (Å²) in [7, 11) is 0. The number of thioether (sulfide) groups is 1. The molecule has 1 rings (SSSR count). The highest BCUT2D eigenvalue weighted by molar-refractivity contribution is 7.98. The third-order valence-corrected chi connectivity index (χ3v) is 16.5. The Morgan fingerprint density at radius 2 is 0.833 bits per heavy atom. The van der Waals surface area contributed by atoms with Crippen LogP contribution in [0.2, 0.25) is 0 Å². The smallest absolute Gasteiger partial charge is 0.326 e. The fourth-order valence-electron chi connectivity index (χ4n) is 9.68. The van der Waals surface area contributed by atoms with Crippen molar-refractivity contribution in [2.24, 2.45) is 46.4 Å². The number of carbonyl (C=O) groups is 17. The Hall–Kier alpha value is -9.57. The van der Waals surface area contributed by atoms with Crippen molar-refractivity contribution in [3.63, 3.8) is 0 Å². The molecule has 14 amide bonds. The van der Waals surface area contributed by atoms with Crippen LogP contribution in [0.25, 0.3) is 0 Å². The lowest BCUT2D eigenvalue weighted by atomic mass is 9.96. The van der Waals surface area contributed by atoms with E-state index < -0.39 is 250 Å². The summed E-state index contributed by atoms with van der Waals surface area (Å²) >= 11 is 1.33. The summed E-state index contributed by atoms with van der Waals surface area (Å²) in [5.74, 6) is -20.5. The Morgan fingerprint density at radius 3 is 1.21 bits per heavy atom. The number of nitrogens with one attached hydrogen (secondary N) is 12. The Morgan fingerprint density at radius 1 is 0.471 bits per heavy atom. The zero-order valence-electron chi connectivity index (χ0n) is 58.4. The molecule has 0 radical (unpaired) electrons. The predicted molar refractivity (Wildman–Crippen MR) is 365 cm³/mol. The second-order valence-electron chi connectivity index (χ2n) is 25.1. The van der Waals surface area contributed by atoms with E-state index in [-0.39, 0.29) is 50.5 Å². The molecule has 574 valence electrons. The number of unbranched alkanes of at least 4 members (excludes halogenated alkanes) is 1. The Kier molecular flexibility index (Phi) is 42.1. The Labute approximate surface area is 593 Å². The van der Waals surface area contributed by atoms with Crippen molar-refractivity contribution < 1.29 is 102 Å². The molecule has 1 aromatic rings. The molecule has 0 aliphatic rings. The van der Waals surface area contributed by atoms with Crippen LogP contribution in [-0.2, 0) is 87.9 Å². The number of H-pyrrole nitrogens is 1. The number of primary amides is 3. The number of amides is 14. The number of aromatic nitrogens is 2.